The SMILES string of the molecule is Cc1c(C#N)cc2c(c1C(=O)N(C)C[C@@H](CCN1CCC(c3ccccc3[S+](C)[O-])CC1)c1ccc(Cl)c(Cl)c1)CCCC2. The van der Waals surface area contributed by atoms with E-state index in [2.05, 4.69) is 17.0 Å². The van der Waals surface area contributed by atoms with Crippen molar-refractivity contribution >= 4 is 40.3 Å². The highest BCUT2D eigenvalue weighted by Gasteiger charge is 2.29. The van der Waals surface area contributed by atoms with E-state index in [1.807, 2.05) is 61.3 Å². The predicted molar refractivity (Wildman–Crippen MR) is 181 cm³/mol. The molecule has 1 fully saturated rings. The molecule has 232 valence electrons. The summed E-state index contributed by atoms with van der Waals surface area (Å²) >= 11 is 11.8. The first kappa shape index (κ1) is 32.9. The molecule has 2 aliphatic rings. The highest BCUT2D eigenvalue weighted by atomic mass is 35.5. The third-order valence-corrected chi connectivity index (χ3v) is 11.3. The monoisotopic (exact) mass is 649 g/mol. The van der Waals surface area contributed by atoms with Crippen LogP contribution in [0.3, 0.4) is 0 Å². The minimum absolute atomic E-state index is 0.0180. The molecule has 0 N–H and O–H groups in total. The van der Waals surface area contributed by atoms with Crippen molar-refractivity contribution < 1.29 is 9.35 Å². The number of halogens is 2. The number of nitrogens with zero attached hydrogens (tertiary/aromatic N) is 3. The van der Waals surface area contributed by atoms with E-state index in [0.717, 1.165) is 91.7 Å². The zero-order valence-electron chi connectivity index (χ0n) is 25.9. The molecule has 44 heavy (non-hydrogen) atoms. The zero-order valence-corrected chi connectivity index (χ0v) is 28.2. The van der Waals surface area contributed by atoms with Gasteiger partial charge in [0.25, 0.3) is 5.91 Å². The highest BCUT2D eigenvalue weighted by Crippen LogP contribution is 2.35. The maximum atomic E-state index is 14.1. The number of amides is 1. The van der Waals surface area contributed by atoms with E-state index in [0.29, 0.717) is 33.6 Å². The van der Waals surface area contributed by atoms with Gasteiger partial charge in [-0.15, -0.1) is 0 Å². The lowest BCUT2D eigenvalue weighted by molar-refractivity contribution is 0.0779. The molecule has 8 heteroatoms. The van der Waals surface area contributed by atoms with Crippen molar-refractivity contribution in [3.8, 4) is 6.07 Å². The summed E-state index contributed by atoms with van der Waals surface area (Å²) in [4.78, 5) is 19.4. The van der Waals surface area contributed by atoms with Gasteiger partial charge in [-0.2, -0.15) is 5.26 Å². The van der Waals surface area contributed by atoms with Crippen molar-refractivity contribution in [2.45, 2.75) is 68.6 Å². The van der Waals surface area contributed by atoms with E-state index in [1.54, 1.807) is 6.26 Å². The summed E-state index contributed by atoms with van der Waals surface area (Å²) in [7, 11) is 1.88. The van der Waals surface area contributed by atoms with E-state index in [-0.39, 0.29) is 11.8 Å². The molecule has 5 nitrogen and oxygen atoms in total. The molecule has 0 radical (unpaired) electrons. The van der Waals surface area contributed by atoms with E-state index in [4.69, 9.17) is 23.2 Å². The molecule has 1 heterocycles. The van der Waals surface area contributed by atoms with Crippen LogP contribution in [0.15, 0.2) is 53.4 Å². The number of carbonyl (C=O) groups is 1. The molecule has 0 spiro atoms. The molecular weight excluding hydrogens is 609 g/mol. The fourth-order valence-corrected chi connectivity index (χ4v) is 8.19. The van der Waals surface area contributed by atoms with Crippen LogP contribution in [0.25, 0.3) is 0 Å². The Labute approximate surface area is 275 Å². The van der Waals surface area contributed by atoms with Crippen LogP contribution in [0.1, 0.15) is 87.7 Å². The van der Waals surface area contributed by atoms with Crippen molar-refractivity contribution in [3.05, 3.63) is 97.5 Å². The second kappa shape index (κ2) is 14.7. The maximum absolute atomic E-state index is 14.1. The minimum Gasteiger partial charge on any atom is -0.612 e. The van der Waals surface area contributed by atoms with Gasteiger partial charge in [0.15, 0.2) is 4.90 Å². The summed E-state index contributed by atoms with van der Waals surface area (Å²) in [6.45, 7) is 5.30. The van der Waals surface area contributed by atoms with Gasteiger partial charge in [0.1, 0.15) is 6.26 Å². The second-order valence-corrected chi connectivity index (χ2v) is 14.5. The summed E-state index contributed by atoms with van der Waals surface area (Å²) < 4.78 is 12.3. The number of aryl methyl sites for hydroxylation is 1. The minimum atomic E-state index is -0.996. The van der Waals surface area contributed by atoms with E-state index in [1.165, 1.54) is 5.56 Å². The highest BCUT2D eigenvalue weighted by molar-refractivity contribution is 7.90. The number of nitriles is 1. The molecule has 0 bridgehead atoms. The third kappa shape index (κ3) is 7.30. The second-order valence-electron chi connectivity index (χ2n) is 12.3. The van der Waals surface area contributed by atoms with Crippen LogP contribution in [0.4, 0.5) is 0 Å². The number of hydrogen-bond acceptors (Lipinski definition) is 4. The summed E-state index contributed by atoms with van der Waals surface area (Å²) in [5.74, 6) is 0.463. The number of rotatable bonds is 9. The first-order valence-electron chi connectivity index (χ1n) is 15.6. The summed E-state index contributed by atoms with van der Waals surface area (Å²) in [6, 6.07) is 18.2. The molecule has 1 saturated heterocycles. The van der Waals surface area contributed by atoms with Crippen LogP contribution < -0.4 is 0 Å². The Morgan fingerprint density at radius 2 is 1.84 bits per heavy atom. The zero-order chi connectivity index (χ0) is 31.4. The molecule has 0 saturated carbocycles. The van der Waals surface area contributed by atoms with E-state index in [9.17, 15) is 14.6 Å². The van der Waals surface area contributed by atoms with Gasteiger partial charge >= 0.3 is 0 Å². The first-order chi connectivity index (χ1) is 21.2. The lowest BCUT2D eigenvalue weighted by atomic mass is 9.83. The Morgan fingerprint density at radius 1 is 1.11 bits per heavy atom. The Balaban J connectivity index is 1.31. The van der Waals surface area contributed by atoms with Crippen LogP contribution in [0, 0.1) is 18.3 Å². The summed E-state index contributed by atoms with van der Waals surface area (Å²) in [5, 5.41) is 10.8. The summed E-state index contributed by atoms with van der Waals surface area (Å²) in [5.41, 5.74) is 6.65. The van der Waals surface area contributed by atoms with Gasteiger partial charge in [-0.25, -0.2) is 0 Å². The Bertz CT molecular complexity index is 1550. The van der Waals surface area contributed by atoms with Gasteiger partial charge in [0.05, 0.1) is 21.7 Å². The summed E-state index contributed by atoms with van der Waals surface area (Å²) in [6.07, 6.45) is 8.63. The molecule has 1 aliphatic heterocycles. The number of likely N-dealkylation sites (tertiary alicyclic amines) is 1. The van der Waals surface area contributed by atoms with E-state index >= 15 is 0 Å². The number of likely N-dealkylation sites (N-methyl/N-ethyl adjacent to an activating group) is 1. The topological polar surface area (TPSA) is 70.4 Å². The number of benzene rings is 3. The largest absolute Gasteiger partial charge is 0.612 e. The van der Waals surface area contributed by atoms with Crippen LogP contribution in [-0.2, 0) is 24.0 Å². The number of fused-ring (bicyclic) bond motifs is 1. The fraction of sp³-hybridized carbons (Fsp3) is 0.444. The van der Waals surface area contributed by atoms with Gasteiger partial charge in [0.2, 0.25) is 0 Å². The van der Waals surface area contributed by atoms with Gasteiger partial charge < -0.3 is 14.4 Å². The van der Waals surface area contributed by atoms with Gasteiger partial charge in [-0.3, -0.25) is 4.79 Å². The predicted octanol–water partition coefficient (Wildman–Crippen LogP) is 7.92. The normalized spacial score (nSPS) is 17.0. The quantitative estimate of drug-likeness (QED) is 0.221. The van der Waals surface area contributed by atoms with E-state index < -0.39 is 11.2 Å². The molecule has 1 amide bonds. The molecule has 3 aromatic carbocycles. The first-order valence-corrected chi connectivity index (χ1v) is 17.9. The smallest absolute Gasteiger partial charge is 0.254 e. The standard InChI is InChI=1S/C36H41Cl2N3O2S/c1-24-29(22-39)20-27-8-4-5-10-31(27)35(24)36(42)40(2)23-28(26-12-13-32(37)33(38)21-26)16-19-41-17-14-25(15-18-41)30-9-6-7-11-34(30)44(3)43/h6-7,9,11-13,20-21,25,28H,4-5,8,10,14-19,23H2,1-3H3/t28-,44?/m1/s1. The Morgan fingerprint density at radius 3 is 2.55 bits per heavy atom. The fourth-order valence-electron chi connectivity index (χ4n) is 7.04. The third-order valence-electron chi connectivity index (χ3n) is 9.55. The lowest BCUT2D eigenvalue weighted by Gasteiger charge is -2.34. The number of carbonyl (C=O) groups excluding carboxylic acids is 1. The maximum Gasteiger partial charge on any atom is 0.254 e. The van der Waals surface area contributed by atoms with Gasteiger partial charge in [-0.1, -0.05) is 47.5 Å². The lowest BCUT2D eigenvalue weighted by Crippen LogP contribution is -2.37. The molecule has 1 unspecified atom stereocenters. The van der Waals surface area contributed by atoms with Crippen LogP contribution >= 0.6 is 23.2 Å². The average molecular weight is 651 g/mol. The number of piperidine rings is 1. The molecule has 1 aliphatic carbocycles. The molecule has 5 rings (SSSR count). The van der Waals surface area contributed by atoms with Crippen LogP contribution in [0.5, 0.6) is 0 Å². The van der Waals surface area contributed by atoms with Gasteiger partial charge in [-0.05, 0) is 135 Å². The van der Waals surface area contributed by atoms with Crippen molar-refractivity contribution in [2.24, 2.45) is 0 Å². The van der Waals surface area contributed by atoms with Crippen LogP contribution in [0.2, 0.25) is 10.0 Å². The molecule has 2 atom stereocenters. The van der Waals surface area contributed by atoms with Crippen LogP contribution in [-0.4, -0.2) is 59.7 Å². The van der Waals surface area contributed by atoms with Crippen molar-refractivity contribution in [3.63, 3.8) is 0 Å². The van der Waals surface area contributed by atoms with Crippen molar-refractivity contribution in [1.29, 1.82) is 5.26 Å². The van der Waals surface area contributed by atoms with Crippen molar-refractivity contribution in [2.75, 3.05) is 39.5 Å². The molecule has 0 aromatic heterocycles. The molecule has 3 aromatic rings. The Hall–Kier alpha value is -2.53. The van der Waals surface area contributed by atoms with Crippen molar-refractivity contribution in [1.82, 2.24) is 9.80 Å². The molecular formula is C36H41Cl2N3O2S. The Kier molecular flexibility index (Phi) is 11.0. The average Bonchev–Trinajstić information content (AvgIpc) is 3.04. The van der Waals surface area contributed by atoms with Gasteiger partial charge in [0, 0.05) is 30.6 Å². The number of hydrogen-bond donors (Lipinski definition) is 0.